The maximum Gasteiger partial charge on any atom is 0.168 e. The monoisotopic (exact) mass is 264 g/mol. The van der Waals surface area contributed by atoms with Crippen LogP contribution in [0.1, 0.15) is 13.3 Å². The van der Waals surface area contributed by atoms with Gasteiger partial charge >= 0.3 is 0 Å². The lowest BCUT2D eigenvalue weighted by molar-refractivity contribution is 0.436. The topological polar surface area (TPSA) is 34.2 Å². The van der Waals surface area contributed by atoms with Crippen LogP contribution in [-0.2, 0) is 0 Å². The van der Waals surface area contributed by atoms with E-state index in [9.17, 15) is 8.78 Å². The Hall–Kier alpha value is -2.17. The van der Waals surface area contributed by atoms with E-state index in [1.54, 1.807) is 12.3 Å². The molecule has 0 aliphatic heterocycles. The van der Waals surface area contributed by atoms with Crippen LogP contribution in [-0.4, -0.2) is 11.5 Å². The van der Waals surface area contributed by atoms with E-state index < -0.39 is 11.6 Å². The predicted octanol–water partition coefficient (Wildman–Crippen LogP) is 3.97. The second-order valence-corrected chi connectivity index (χ2v) is 4.01. The van der Waals surface area contributed by atoms with Gasteiger partial charge in [0.25, 0.3) is 0 Å². The number of rotatable bonds is 5. The van der Waals surface area contributed by atoms with Gasteiger partial charge in [-0.15, -0.1) is 0 Å². The third-order valence-electron chi connectivity index (χ3n) is 2.41. The van der Waals surface area contributed by atoms with Crippen molar-refractivity contribution in [2.24, 2.45) is 0 Å². The van der Waals surface area contributed by atoms with Gasteiger partial charge in [-0.1, -0.05) is 6.92 Å². The van der Waals surface area contributed by atoms with E-state index in [1.165, 1.54) is 12.3 Å². The fourth-order valence-electron chi connectivity index (χ4n) is 1.53. The molecule has 3 nitrogen and oxygen atoms in total. The first-order chi connectivity index (χ1) is 9.19. The summed E-state index contributed by atoms with van der Waals surface area (Å²) >= 11 is 0. The van der Waals surface area contributed by atoms with Crippen molar-refractivity contribution in [2.45, 2.75) is 13.3 Å². The zero-order chi connectivity index (χ0) is 13.7. The van der Waals surface area contributed by atoms with Crippen LogP contribution in [0.4, 0.5) is 14.5 Å². The summed E-state index contributed by atoms with van der Waals surface area (Å²) in [4.78, 5) is 4.00. The summed E-state index contributed by atoms with van der Waals surface area (Å²) in [6.07, 6.45) is 4.11. The molecule has 100 valence electrons. The van der Waals surface area contributed by atoms with Gasteiger partial charge in [0.15, 0.2) is 11.6 Å². The molecule has 0 spiro atoms. The van der Waals surface area contributed by atoms with Gasteiger partial charge in [-0.3, -0.25) is 4.98 Å². The highest BCUT2D eigenvalue weighted by atomic mass is 19.1. The lowest BCUT2D eigenvalue weighted by Gasteiger charge is -2.09. The maximum atomic E-state index is 13.4. The van der Waals surface area contributed by atoms with Crippen molar-refractivity contribution in [2.75, 3.05) is 11.9 Å². The number of hydrogen-bond acceptors (Lipinski definition) is 3. The molecule has 0 saturated carbocycles. The van der Waals surface area contributed by atoms with Crippen LogP contribution in [0.3, 0.4) is 0 Å². The molecule has 0 atom stereocenters. The first-order valence-corrected chi connectivity index (χ1v) is 6.01. The molecule has 1 aromatic heterocycles. The third-order valence-corrected chi connectivity index (χ3v) is 2.41. The van der Waals surface area contributed by atoms with Gasteiger partial charge in [0.05, 0.1) is 18.1 Å². The number of hydrogen-bond donors (Lipinski definition) is 1. The van der Waals surface area contributed by atoms with Crippen molar-refractivity contribution in [3.63, 3.8) is 0 Å². The number of benzene rings is 1. The van der Waals surface area contributed by atoms with Crippen LogP contribution in [0.5, 0.6) is 11.5 Å². The van der Waals surface area contributed by atoms with Crippen LogP contribution in [0.2, 0.25) is 0 Å². The zero-order valence-corrected chi connectivity index (χ0v) is 10.5. The Morgan fingerprint density at radius 3 is 2.79 bits per heavy atom. The Bertz CT molecular complexity index is 561. The summed E-state index contributed by atoms with van der Waals surface area (Å²) in [5.74, 6) is -1.02. The number of nitrogens with one attached hydrogen (secondary N) is 1. The van der Waals surface area contributed by atoms with Crippen molar-refractivity contribution in [1.29, 1.82) is 0 Å². The third kappa shape index (κ3) is 3.64. The standard InChI is InChI=1S/C14H14F2N2O/c1-2-5-18-11-7-12(9-17-8-11)19-14-4-3-10(15)6-13(14)16/h3-4,6-9,18H,2,5H2,1H3. The van der Waals surface area contributed by atoms with Crippen molar-refractivity contribution in [3.05, 3.63) is 48.3 Å². The molecule has 0 bridgehead atoms. The van der Waals surface area contributed by atoms with Gasteiger partial charge < -0.3 is 10.1 Å². The van der Waals surface area contributed by atoms with Gasteiger partial charge in [0, 0.05) is 18.7 Å². The van der Waals surface area contributed by atoms with E-state index in [-0.39, 0.29) is 5.75 Å². The van der Waals surface area contributed by atoms with Crippen LogP contribution >= 0.6 is 0 Å². The number of halogens is 2. The highest BCUT2D eigenvalue weighted by molar-refractivity contribution is 5.46. The average Bonchev–Trinajstić information content (AvgIpc) is 2.40. The molecule has 0 unspecified atom stereocenters. The minimum absolute atomic E-state index is 0.0316. The van der Waals surface area contributed by atoms with Crippen molar-refractivity contribution in [1.82, 2.24) is 4.98 Å². The van der Waals surface area contributed by atoms with Gasteiger partial charge in [-0.05, 0) is 18.6 Å². The average molecular weight is 264 g/mol. The maximum absolute atomic E-state index is 13.4. The van der Waals surface area contributed by atoms with Crippen LogP contribution in [0, 0.1) is 11.6 Å². The summed E-state index contributed by atoms with van der Waals surface area (Å²) in [5, 5.41) is 3.15. The lowest BCUT2D eigenvalue weighted by atomic mass is 10.3. The predicted molar refractivity (Wildman–Crippen MR) is 69.4 cm³/mol. The van der Waals surface area contributed by atoms with E-state index in [1.807, 2.05) is 0 Å². The fourth-order valence-corrected chi connectivity index (χ4v) is 1.53. The van der Waals surface area contributed by atoms with Crippen molar-refractivity contribution in [3.8, 4) is 11.5 Å². The number of aromatic nitrogens is 1. The van der Waals surface area contributed by atoms with E-state index in [0.717, 1.165) is 30.8 Å². The van der Waals surface area contributed by atoms with Gasteiger partial charge in [-0.25, -0.2) is 8.78 Å². The van der Waals surface area contributed by atoms with Crippen LogP contribution in [0.15, 0.2) is 36.7 Å². The van der Waals surface area contributed by atoms with Gasteiger partial charge in [-0.2, -0.15) is 0 Å². The number of ether oxygens (including phenoxy) is 1. The number of nitrogens with zero attached hydrogens (tertiary/aromatic N) is 1. The zero-order valence-electron chi connectivity index (χ0n) is 10.5. The minimum Gasteiger partial charge on any atom is -0.453 e. The first kappa shape index (κ1) is 13.3. The fraction of sp³-hybridized carbons (Fsp3) is 0.214. The Kier molecular flexibility index (Phi) is 4.28. The highest BCUT2D eigenvalue weighted by Crippen LogP contribution is 2.25. The van der Waals surface area contributed by atoms with E-state index >= 15 is 0 Å². The quantitative estimate of drug-likeness (QED) is 0.887. The molecule has 1 aromatic carbocycles. The van der Waals surface area contributed by atoms with Crippen molar-refractivity contribution >= 4 is 5.69 Å². The molecule has 1 heterocycles. The largest absolute Gasteiger partial charge is 0.453 e. The van der Waals surface area contributed by atoms with E-state index in [4.69, 9.17) is 4.74 Å². The Labute approximate surface area is 110 Å². The summed E-state index contributed by atoms with van der Waals surface area (Å²) in [5.41, 5.74) is 0.793. The molecule has 0 saturated heterocycles. The molecule has 0 aliphatic rings. The molecule has 0 amide bonds. The second-order valence-electron chi connectivity index (χ2n) is 4.01. The molecular weight excluding hydrogens is 250 g/mol. The molecule has 0 radical (unpaired) electrons. The van der Waals surface area contributed by atoms with Crippen molar-refractivity contribution < 1.29 is 13.5 Å². The summed E-state index contributed by atoms with van der Waals surface area (Å²) in [7, 11) is 0. The molecule has 1 N–H and O–H groups in total. The van der Waals surface area contributed by atoms with E-state index in [2.05, 4.69) is 17.2 Å². The summed E-state index contributed by atoms with van der Waals surface area (Å²) in [6, 6.07) is 4.88. The molecule has 19 heavy (non-hydrogen) atoms. The molecule has 0 aliphatic carbocycles. The first-order valence-electron chi connectivity index (χ1n) is 6.01. The summed E-state index contributed by atoms with van der Waals surface area (Å²) in [6.45, 7) is 2.87. The smallest absolute Gasteiger partial charge is 0.168 e. The number of anilines is 1. The Morgan fingerprint density at radius 2 is 2.05 bits per heavy atom. The van der Waals surface area contributed by atoms with Gasteiger partial charge in [0.1, 0.15) is 11.6 Å². The Morgan fingerprint density at radius 1 is 1.21 bits per heavy atom. The minimum atomic E-state index is -0.744. The molecule has 2 rings (SSSR count). The SMILES string of the molecule is CCCNc1cncc(Oc2ccc(F)cc2F)c1. The Balaban J connectivity index is 2.14. The highest BCUT2D eigenvalue weighted by Gasteiger charge is 2.06. The summed E-state index contributed by atoms with van der Waals surface area (Å²) < 4.78 is 31.6. The molecule has 0 fully saturated rings. The molecular formula is C14H14F2N2O. The molecule has 2 aromatic rings. The lowest BCUT2D eigenvalue weighted by Crippen LogP contribution is -2.00. The number of pyridine rings is 1. The second kappa shape index (κ2) is 6.13. The van der Waals surface area contributed by atoms with E-state index in [0.29, 0.717) is 5.75 Å². The molecule has 5 heteroatoms. The van der Waals surface area contributed by atoms with Crippen LogP contribution < -0.4 is 10.1 Å². The normalized spacial score (nSPS) is 10.3. The van der Waals surface area contributed by atoms with Crippen LogP contribution in [0.25, 0.3) is 0 Å². The van der Waals surface area contributed by atoms with Gasteiger partial charge in [0.2, 0.25) is 0 Å².